The van der Waals surface area contributed by atoms with Gasteiger partial charge >= 0.3 is 0 Å². The van der Waals surface area contributed by atoms with E-state index in [2.05, 4.69) is 5.32 Å². The Kier molecular flexibility index (Phi) is 2.86. The summed E-state index contributed by atoms with van der Waals surface area (Å²) in [7, 11) is 0. The fraction of sp³-hybridized carbons (Fsp3) is 0.364. The molecular weight excluding hydrogens is 211 g/mol. The molecule has 15 heavy (non-hydrogen) atoms. The molecule has 0 spiro atoms. The molecule has 0 heterocycles. The molecule has 0 amide bonds. The van der Waals surface area contributed by atoms with Crippen molar-refractivity contribution in [1.29, 1.82) is 0 Å². The molecule has 3 N–H and O–H groups in total. The van der Waals surface area contributed by atoms with Crippen LogP contribution < -0.4 is 11.1 Å². The fourth-order valence-corrected chi connectivity index (χ4v) is 1.76. The lowest BCUT2D eigenvalue weighted by atomic mass is 9.93. The molecule has 0 saturated heterocycles. The highest BCUT2D eigenvalue weighted by Gasteiger charge is 2.17. The number of thiocarbonyl (C=S) groups is 1. The summed E-state index contributed by atoms with van der Waals surface area (Å²) in [5, 5.41) is 3.26. The normalized spacial score (nSPS) is 15.8. The van der Waals surface area contributed by atoms with Crippen molar-refractivity contribution < 1.29 is 4.39 Å². The molecule has 0 aromatic heterocycles. The maximum atomic E-state index is 13.5. The molecule has 0 unspecified atom stereocenters. The predicted molar refractivity (Wildman–Crippen MR) is 63.5 cm³/mol. The minimum atomic E-state index is -0.355. The second kappa shape index (κ2) is 4.14. The summed E-state index contributed by atoms with van der Waals surface area (Å²) >= 11 is 4.73. The Hall–Kier alpha value is -1.16. The van der Waals surface area contributed by atoms with Crippen LogP contribution in [-0.2, 0) is 0 Å². The fourth-order valence-electron chi connectivity index (χ4n) is 1.59. The van der Waals surface area contributed by atoms with Gasteiger partial charge in [-0.2, -0.15) is 0 Å². The van der Waals surface area contributed by atoms with E-state index in [0.717, 1.165) is 5.69 Å². The number of benzene rings is 1. The quantitative estimate of drug-likeness (QED) is 0.774. The van der Waals surface area contributed by atoms with Crippen LogP contribution in [0.25, 0.3) is 0 Å². The molecule has 1 saturated carbocycles. The van der Waals surface area contributed by atoms with Crippen molar-refractivity contribution in [3.8, 4) is 0 Å². The Morgan fingerprint density at radius 2 is 2.20 bits per heavy atom. The average Bonchev–Trinajstić information content (AvgIpc) is 2.11. The third kappa shape index (κ3) is 2.26. The van der Waals surface area contributed by atoms with Crippen molar-refractivity contribution >= 4 is 22.9 Å². The molecule has 0 atom stereocenters. The van der Waals surface area contributed by atoms with E-state index in [-0.39, 0.29) is 10.8 Å². The molecule has 1 aromatic rings. The summed E-state index contributed by atoms with van der Waals surface area (Å²) in [5.74, 6) is -0.355. The van der Waals surface area contributed by atoms with Crippen LogP contribution in [0.15, 0.2) is 18.2 Å². The van der Waals surface area contributed by atoms with Crippen molar-refractivity contribution in [1.82, 2.24) is 0 Å². The highest BCUT2D eigenvalue weighted by molar-refractivity contribution is 7.80. The van der Waals surface area contributed by atoms with Crippen LogP contribution in [0.4, 0.5) is 10.1 Å². The molecule has 2 nitrogen and oxygen atoms in total. The highest BCUT2D eigenvalue weighted by Crippen LogP contribution is 2.24. The topological polar surface area (TPSA) is 38.0 Å². The number of anilines is 1. The SMILES string of the molecule is NC(=S)c1ccc(NC2CCC2)cc1F. The highest BCUT2D eigenvalue weighted by atomic mass is 32.1. The first-order valence-electron chi connectivity index (χ1n) is 5.02. The van der Waals surface area contributed by atoms with E-state index in [1.807, 2.05) is 6.07 Å². The lowest BCUT2D eigenvalue weighted by molar-refractivity contribution is 0.445. The van der Waals surface area contributed by atoms with E-state index in [1.165, 1.54) is 25.3 Å². The second-order valence-electron chi connectivity index (χ2n) is 3.83. The number of rotatable bonds is 3. The predicted octanol–water partition coefficient (Wildman–Crippen LogP) is 2.42. The van der Waals surface area contributed by atoms with Gasteiger partial charge in [0.25, 0.3) is 0 Å². The summed E-state index contributed by atoms with van der Waals surface area (Å²) in [6.07, 6.45) is 3.59. The Balaban J connectivity index is 2.13. The standard InChI is InChI=1S/C11H13FN2S/c12-10-6-8(14-7-2-1-3-7)4-5-9(10)11(13)15/h4-7,14H,1-3H2,(H2,13,15). The molecule has 0 aliphatic heterocycles. The van der Waals surface area contributed by atoms with E-state index in [0.29, 0.717) is 11.6 Å². The lowest BCUT2D eigenvalue weighted by Gasteiger charge is -2.27. The van der Waals surface area contributed by atoms with Crippen LogP contribution in [0.2, 0.25) is 0 Å². The monoisotopic (exact) mass is 224 g/mol. The minimum Gasteiger partial charge on any atom is -0.389 e. The molecule has 1 fully saturated rings. The summed E-state index contributed by atoms with van der Waals surface area (Å²) in [4.78, 5) is 0.0997. The molecule has 1 aliphatic rings. The van der Waals surface area contributed by atoms with Gasteiger partial charge in [-0.25, -0.2) is 4.39 Å². The van der Waals surface area contributed by atoms with Crippen LogP contribution in [0, 0.1) is 5.82 Å². The van der Waals surface area contributed by atoms with Crippen molar-refractivity contribution in [2.24, 2.45) is 5.73 Å². The number of halogens is 1. The van der Waals surface area contributed by atoms with E-state index in [4.69, 9.17) is 18.0 Å². The zero-order valence-corrected chi connectivity index (χ0v) is 9.11. The van der Waals surface area contributed by atoms with Crippen LogP contribution in [0.5, 0.6) is 0 Å². The molecule has 0 bridgehead atoms. The van der Waals surface area contributed by atoms with Crippen molar-refractivity contribution in [3.63, 3.8) is 0 Å². The first-order chi connectivity index (χ1) is 7.16. The molecule has 1 aromatic carbocycles. The molecule has 4 heteroatoms. The Morgan fingerprint density at radius 3 is 2.67 bits per heavy atom. The Labute approximate surface area is 93.7 Å². The number of hydrogen-bond donors (Lipinski definition) is 2. The second-order valence-corrected chi connectivity index (χ2v) is 4.27. The maximum absolute atomic E-state index is 13.5. The van der Waals surface area contributed by atoms with Crippen LogP contribution in [0.1, 0.15) is 24.8 Å². The van der Waals surface area contributed by atoms with Gasteiger partial charge in [0.15, 0.2) is 0 Å². The summed E-state index contributed by atoms with van der Waals surface area (Å²) in [5.41, 5.74) is 6.49. The van der Waals surface area contributed by atoms with E-state index < -0.39 is 0 Å². The Bertz CT molecular complexity index is 388. The van der Waals surface area contributed by atoms with Gasteiger partial charge in [-0.1, -0.05) is 12.2 Å². The molecular formula is C11H13FN2S. The lowest BCUT2D eigenvalue weighted by Crippen LogP contribution is -2.27. The van der Waals surface area contributed by atoms with E-state index >= 15 is 0 Å². The zero-order valence-electron chi connectivity index (χ0n) is 8.29. The number of hydrogen-bond acceptors (Lipinski definition) is 2. The zero-order chi connectivity index (χ0) is 10.8. The van der Waals surface area contributed by atoms with Crippen LogP contribution in [0.3, 0.4) is 0 Å². The van der Waals surface area contributed by atoms with Crippen LogP contribution >= 0.6 is 12.2 Å². The van der Waals surface area contributed by atoms with Gasteiger partial charge in [0.05, 0.1) is 0 Å². The van der Waals surface area contributed by atoms with Crippen molar-refractivity contribution in [2.75, 3.05) is 5.32 Å². The molecule has 0 radical (unpaired) electrons. The van der Waals surface area contributed by atoms with Crippen molar-refractivity contribution in [3.05, 3.63) is 29.6 Å². The van der Waals surface area contributed by atoms with Crippen LogP contribution in [-0.4, -0.2) is 11.0 Å². The van der Waals surface area contributed by atoms with Gasteiger partial charge in [-0.3, -0.25) is 0 Å². The van der Waals surface area contributed by atoms with Gasteiger partial charge in [0, 0.05) is 17.3 Å². The molecule has 80 valence electrons. The first kappa shape index (κ1) is 10.4. The third-order valence-electron chi connectivity index (χ3n) is 2.71. The summed E-state index contributed by atoms with van der Waals surface area (Å²) in [6, 6.07) is 5.39. The number of nitrogens with two attached hydrogens (primary N) is 1. The van der Waals surface area contributed by atoms with E-state index in [1.54, 1.807) is 6.07 Å². The molecule has 1 aliphatic carbocycles. The molecule has 2 rings (SSSR count). The summed E-state index contributed by atoms with van der Waals surface area (Å²) in [6.45, 7) is 0. The van der Waals surface area contributed by atoms with Gasteiger partial charge in [-0.05, 0) is 37.5 Å². The van der Waals surface area contributed by atoms with Gasteiger partial charge < -0.3 is 11.1 Å². The largest absolute Gasteiger partial charge is 0.389 e. The van der Waals surface area contributed by atoms with Gasteiger partial charge in [-0.15, -0.1) is 0 Å². The smallest absolute Gasteiger partial charge is 0.135 e. The van der Waals surface area contributed by atoms with Gasteiger partial charge in [0.1, 0.15) is 10.8 Å². The minimum absolute atomic E-state index is 0.0997. The number of nitrogens with one attached hydrogen (secondary N) is 1. The average molecular weight is 224 g/mol. The Morgan fingerprint density at radius 1 is 1.47 bits per heavy atom. The first-order valence-corrected chi connectivity index (χ1v) is 5.43. The van der Waals surface area contributed by atoms with E-state index in [9.17, 15) is 4.39 Å². The summed E-state index contributed by atoms with van der Waals surface area (Å²) < 4.78 is 13.5. The maximum Gasteiger partial charge on any atom is 0.135 e. The van der Waals surface area contributed by atoms with Crippen molar-refractivity contribution in [2.45, 2.75) is 25.3 Å². The van der Waals surface area contributed by atoms with Gasteiger partial charge in [0.2, 0.25) is 0 Å². The third-order valence-corrected chi connectivity index (χ3v) is 2.93.